The van der Waals surface area contributed by atoms with Crippen LogP contribution in [0.15, 0.2) is 30.3 Å². The molecule has 0 aliphatic rings. The standard InChI is InChI=1S/C5H5.CH3Cl.Ti/c1-2-4-5-3-1;1-2;/h1-5H;1H3;/q-1;;. The predicted molar refractivity (Wildman–Crippen MR) is 33.8 cm³/mol. The van der Waals surface area contributed by atoms with E-state index in [9.17, 15) is 0 Å². The van der Waals surface area contributed by atoms with Crippen molar-refractivity contribution < 1.29 is 21.7 Å². The summed E-state index contributed by atoms with van der Waals surface area (Å²) in [5.41, 5.74) is 0. The molecule has 0 nitrogen and oxygen atoms in total. The average Bonchev–Trinajstić information content (AvgIpc) is 2.23. The van der Waals surface area contributed by atoms with Gasteiger partial charge in [-0.1, -0.05) is 0 Å². The first-order valence-electron chi connectivity index (χ1n) is 2.04. The molecule has 0 heterocycles. The van der Waals surface area contributed by atoms with Gasteiger partial charge >= 0.3 is 0 Å². The van der Waals surface area contributed by atoms with E-state index in [0.717, 1.165) is 0 Å². The van der Waals surface area contributed by atoms with Crippen molar-refractivity contribution in [1.82, 2.24) is 0 Å². The van der Waals surface area contributed by atoms with Crippen molar-refractivity contribution in [3.8, 4) is 0 Å². The van der Waals surface area contributed by atoms with E-state index in [1.165, 1.54) is 6.38 Å². The molecule has 8 heavy (non-hydrogen) atoms. The van der Waals surface area contributed by atoms with Crippen LogP contribution in [0.5, 0.6) is 0 Å². The summed E-state index contributed by atoms with van der Waals surface area (Å²) < 4.78 is 0. The van der Waals surface area contributed by atoms with Crippen molar-refractivity contribution in [3.63, 3.8) is 0 Å². The molecule has 1 aromatic rings. The van der Waals surface area contributed by atoms with E-state index in [1.54, 1.807) is 0 Å². The normalized spacial score (nSPS) is 5.75. The summed E-state index contributed by atoms with van der Waals surface area (Å²) in [6.07, 6.45) is 1.47. The third kappa shape index (κ3) is 6.35. The Kier molecular flexibility index (Phi) is 14.5. The van der Waals surface area contributed by atoms with E-state index < -0.39 is 0 Å². The molecule has 0 radical (unpaired) electrons. The minimum absolute atomic E-state index is 0. The van der Waals surface area contributed by atoms with Gasteiger partial charge in [0.25, 0.3) is 0 Å². The fraction of sp³-hybridized carbons (Fsp3) is 0.167. The first-order chi connectivity index (χ1) is 3.50. The van der Waals surface area contributed by atoms with Crippen molar-refractivity contribution in [2.45, 2.75) is 0 Å². The number of hydrogen-bond acceptors (Lipinski definition) is 0. The van der Waals surface area contributed by atoms with Gasteiger partial charge in [0.15, 0.2) is 0 Å². The van der Waals surface area contributed by atoms with Gasteiger partial charge in [-0.05, 0) is 0 Å². The molecule has 1 rings (SSSR count). The Balaban J connectivity index is 0. The molecule has 0 aliphatic heterocycles. The zero-order chi connectivity index (χ0) is 5.54. The molecule has 0 amide bonds. The van der Waals surface area contributed by atoms with E-state index in [-0.39, 0.29) is 21.7 Å². The van der Waals surface area contributed by atoms with Crippen molar-refractivity contribution in [2.75, 3.05) is 6.38 Å². The third-order valence-corrected chi connectivity index (χ3v) is 0.556. The van der Waals surface area contributed by atoms with Gasteiger partial charge in [0, 0.05) is 28.1 Å². The van der Waals surface area contributed by atoms with Gasteiger partial charge in [0.2, 0.25) is 0 Å². The Labute approximate surface area is 70.1 Å². The van der Waals surface area contributed by atoms with E-state index in [2.05, 4.69) is 11.6 Å². The van der Waals surface area contributed by atoms with Crippen LogP contribution < -0.4 is 0 Å². The Bertz CT molecular complexity index is 65.0. The van der Waals surface area contributed by atoms with E-state index >= 15 is 0 Å². The van der Waals surface area contributed by atoms with Gasteiger partial charge in [-0.25, -0.2) is 12.1 Å². The summed E-state index contributed by atoms with van der Waals surface area (Å²) in [4.78, 5) is 0. The fourth-order valence-corrected chi connectivity index (χ4v) is 0.321. The first kappa shape index (κ1) is 11.2. The summed E-state index contributed by atoms with van der Waals surface area (Å²) in [5.74, 6) is 0. The molecule has 0 fully saturated rings. The molecule has 0 bridgehead atoms. The van der Waals surface area contributed by atoms with Crippen molar-refractivity contribution in [3.05, 3.63) is 30.3 Å². The van der Waals surface area contributed by atoms with Crippen molar-refractivity contribution in [1.29, 1.82) is 0 Å². The molecule has 0 atom stereocenters. The average molecular weight is 163 g/mol. The van der Waals surface area contributed by atoms with E-state index in [0.29, 0.717) is 0 Å². The van der Waals surface area contributed by atoms with Gasteiger partial charge < -0.3 is 0 Å². The minimum atomic E-state index is 0. The topological polar surface area (TPSA) is 0 Å². The molecule has 0 saturated carbocycles. The molecule has 0 unspecified atom stereocenters. The van der Waals surface area contributed by atoms with Crippen LogP contribution in [0, 0.1) is 0 Å². The summed E-state index contributed by atoms with van der Waals surface area (Å²) >= 11 is 4.64. The van der Waals surface area contributed by atoms with Crippen molar-refractivity contribution in [2.24, 2.45) is 0 Å². The number of halogens is 1. The van der Waals surface area contributed by atoms with Gasteiger partial charge in [-0.15, -0.1) is 11.6 Å². The molecule has 0 N–H and O–H groups in total. The zero-order valence-corrected chi connectivity index (χ0v) is 7.08. The van der Waals surface area contributed by atoms with Crippen molar-refractivity contribution >= 4 is 11.6 Å². The smallest absolute Gasteiger partial charge is 0.0108 e. The Morgan fingerprint density at radius 1 is 1.12 bits per heavy atom. The third-order valence-electron chi connectivity index (χ3n) is 0.556. The quantitative estimate of drug-likeness (QED) is 0.313. The molecule has 0 spiro atoms. The summed E-state index contributed by atoms with van der Waals surface area (Å²) in [6, 6.07) is 10.0. The van der Waals surface area contributed by atoms with Crippen LogP contribution in [0.3, 0.4) is 0 Å². The molecule has 0 saturated heterocycles. The Morgan fingerprint density at radius 3 is 1.62 bits per heavy atom. The molecule has 1 aromatic carbocycles. The second-order valence-electron chi connectivity index (χ2n) is 0.962. The number of hydrogen-bond donors (Lipinski definition) is 0. The summed E-state index contributed by atoms with van der Waals surface area (Å²) in [5, 5.41) is 0. The number of rotatable bonds is 0. The van der Waals surface area contributed by atoms with Gasteiger partial charge in [-0.2, -0.15) is 18.2 Å². The molecular weight excluding hydrogens is 155 g/mol. The van der Waals surface area contributed by atoms with E-state index in [1.807, 2.05) is 30.3 Å². The van der Waals surface area contributed by atoms with Crippen LogP contribution in [0.2, 0.25) is 0 Å². The maximum atomic E-state index is 4.64. The Morgan fingerprint density at radius 2 is 1.50 bits per heavy atom. The SMILES string of the molecule is CCl.[Ti].c1cc[cH-]c1. The molecule has 0 aliphatic carbocycles. The summed E-state index contributed by atoms with van der Waals surface area (Å²) in [7, 11) is 0. The molecule has 2 heteroatoms. The minimum Gasteiger partial charge on any atom is -0.214 e. The maximum Gasteiger partial charge on any atom is 0.0108 e. The van der Waals surface area contributed by atoms with Crippen LogP contribution in [-0.2, 0) is 21.7 Å². The van der Waals surface area contributed by atoms with Crippen LogP contribution >= 0.6 is 11.6 Å². The fourth-order valence-electron chi connectivity index (χ4n) is 0.321. The summed E-state index contributed by atoms with van der Waals surface area (Å²) in [6.45, 7) is 0. The van der Waals surface area contributed by atoms with Gasteiger partial charge in [0.05, 0.1) is 0 Å². The molecule has 44 valence electrons. The van der Waals surface area contributed by atoms with Crippen LogP contribution in [0.1, 0.15) is 0 Å². The molecular formula is C6H8ClTi-. The van der Waals surface area contributed by atoms with E-state index in [4.69, 9.17) is 0 Å². The van der Waals surface area contributed by atoms with Gasteiger partial charge in [0.1, 0.15) is 0 Å². The second kappa shape index (κ2) is 10.4. The largest absolute Gasteiger partial charge is 0.214 e. The zero-order valence-electron chi connectivity index (χ0n) is 4.76. The first-order valence-corrected chi connectivity index (χ1v) is 2.80. The predicted octanol–water partition coefficient (Wildman–Crippen LogP) is 2.26. The van der Waals surface area contributed by atoms with Crippen LogP contribution in [-0.4, -0.2) is 6.38 Å². The van der Waals surface area contributed by atoms with Gasteiger partial charge in [-0.3, -0.25) is 0 Å². The Hall–Kier alpha value is 0.354. The van der Waals surface area contributed by atoms with Crippen LogP contribution in [0.4, 0.5) is 0 Å². The molecule has 0 aromatic heterocycles. The second-order valence-corrected chi connectivity index (χ2v) is 0.962. The maximum absolute atomic E-state index is 4.64. The monoisotopic (exact) mass is 163 g/mol. The number of alkyl halides is 1. The van der Waals surface area contributed by atoms with Crippen LogP contribution in [0.25, 0.3) is 0 Å².